The van der Waals surface area contributed by atoms with Gasteiger partial charge in [-0.25, -0.2) is 9.48 Å². The van der Waals surface area contributed by atoms with Crippen molar-refractivity contribution >= 4 is 17.8 Å². The molecule has 0 saturated carbocycles. The summed E-state index contributed by atoms with van der Waals surface area (Å²) in [5.74, 6) is -1.17. The van der Waals surface area contributed by atoms with Crippen molar-refractivity contribution in [1.82, 2.24) is 25.9 Å². The average molecular weight is 392 g/mol. The predicted octanol–water partition coefficient (Wildman–Crippen LogP) is 1.36. The highest BCUT2D eigenvalue weighted by atomic mass is 16.2. The number of hydrogen-bond acceptors (Lipinski definition) is 4. The first-order valence-electron chi connectivity index (χ1n) is 8.82. The van der Waals surface area contributed by atoms with Gasteiger partial charge in [-0.2, -0.15) is 5.10 Å². The molecule has 4 amide bonds. The molecule has 0 aliphatic rings. The van der Waals surface area contributed by atoms with E-state index in [-0.39, 0.29) is 5.56 Å². The first kappa shape index (κ1) is 19.6. The van der Waals surface area contributed by atoms with Crippen molar-refractivity contribution < 1.29 is 14.4 Å². The number of aromatic nitrogens is 2. The maximum absolute atomic E-state index is 12.7. The third kappa shape index (κ3) is 4.78. The predicted molar refractivity (Wildman–Crippen MR) is 107 cm³/mol. The summed E-state index contributed by atoms with van der Waals surface area (Å²) >= 11 is 0. The second-order valence-corrected chi connectivity index (χ2v) is 6.21. The molecule has 0 unspecified atom stereocenters. The van der Waals surface area contributed by atoms with Crippen LogP contribution < -0.4 is 21.9 Å². The van der Waals surface area contributed by atoms with Crippen LogP contribution in [0.15, 0.2) is 66.9 Å². The highest BCUT2D eigenvalue weighted by Crippen LogP contribution is 2.23. The zero-order valence-corrected chi connectivity index (χ0v) is 15.6. The monoisotopic (exact) mass is 392 g/mol. The van der Waals surface area contributed by atoms with Gasteiger partial charge in [0.15, 0.2) is 0 Å². The van der Waals surface area contributed by atoms with E-state index < -0.39 is 23.9 Å². The fourth-order valence-corrected chi connectivity index (χ4v) is 2.64. The number of rotatable bonds is 5. The summed E-state index contributed by atoms with van der Waals surface area (Å²) in [5, 5.41) is 6.77. The van der Waals surface area contributed by atoms with Gasteiger partial charge in [0.05, 0.1) is 11.3 Å². The molecule has 0 spiro atoms. The zero-order valence-electron chi connectivity index (χ0n) is 15.6. The van der Waals surface area contributed by atoms with Gasteiger partial charge in [0.25, 0.3) is 11.8 Å². The maximum Gasteiger partial charge on any atom is 0.312 e. The summed E-state index contributed by atoms with van der Waals surface area (Å²) < 4.78 is 1.59. The van der Waals surface area contributed by atoms with E-state index in [1.54, 1.807) is 10.9 Å². The van der Waals surface area contributed by atoms with Crippen LogP contribution in [0.5, 0.6) is 0 Å². The summed E-state index contributed by atoms with van der Waals surface area (Å²) in [6.45, 7) is 1.44. The summed E-state index contributed by atoms with van der Waals surface area (Å²) in [5.41, 5.74) is 11.9. The van der Waals surface area contributed by atoms with E-state index in [0.717, 1.165) is 11.3 Å². The fraction of sp³-hybridized carbons (Fsp3) is 0.100. The Bertz CT molecular complexity index is 1020. The van der Waals surface area contributed by atoms with E-state index in [1.807, 2.05) is 60.7 Å². The molecule has 1 heterocycles. The van der Waals surface area contributed by atoms with Crippen LogP contribution in [0, 0.1) is 0 Å². The van der Waals surface area contributed by atoms with Crippen molar-refractivity contribution in [3.05, 3.63) is 72.4 Å². The molecule has 3 rings (SSSR count). The van der Waals surface area contributed by atoms with E-state index >= 15 is 0 Å². The molecule has 0 aliphatic heterocycles. The summed E-state index contributed by atoms with van der Waals surface area (Å²) in [6, 6.07) is 16.8. The lowest BCUT2D eigenvalue weighted by atomic mass is 10.1. The molecule has 5 N–H and O–H groups in total. The standard InChI is InChI=1S/C20H20N6O3/c1-13(22-20(21)29)18(27)23-24-19(28)16-12-26(15-10-6-3-7-11-15)25-17(16)14-8-4-2-5-9-14/h2-13H,1H3,(H,23,27)(H,24,28)(H3,21,22,29)/t13-/m0/s1. The molecule has 9 nitrogen and oxygen atoms in total. The number of primary amides is 1. The van der Waals surface area contributed by atoms with Gasteiger partial charge < -0.3 is 11.1 Å². The molecule has 148 valence electrons. The number of nitrogens with zero attached hydrogens (tertiary/aromatic N) is 2. The van der Waals surface area contributed by atoms with Gasteiger partial charge in [0.2, 0.25) is 0 Å². The number of nitrogens with two attached hydrogens (primary N) is 1. The van der Waals surface area contributed by atoms with E-state index in [1.165, 1.54) is 6.92 Å². The molecular formula is C20H20N6O3. The van der Waals surface area contributed by atoms with E-state index in [9.17, 15) is 14.4 Å². The number of para-hydroxylation sites is 1. The molecule has 1 aromatic heterocycles. The summed E-state index contributed by atoms with van der Waals surface area (Å²) in [7, 11) is 0. The maximum atomic E-state index is 12.7. The Morgan fingerprint density at radius 3 is 2.21 bits per heavy atom. The molecule has 2 aromatic carbocycles. The molecule has 9 heteroatoms. The molecule has 0 bridgehead atoms. The smallest absolute Gasteiger partial charge is 0.312 e. The number of nitrogens with one attached hydrogen (secondary N) is 3. The lowest BCUT2D eigenvalue weighted by Gasteiger charge is -2.13. The Morgan fingerprint density at radius 1 is 0.966 bits per heavy atom. The topological polar surface area (TPSA) is 131 Å². The lowest BCUT2D eigenvalue weighted by Crippen LogP contribution is -2.52. The van der Waals surface area contributed by atoms with E-state index in [2.05, 4.69) is 21.3 Å². The zero-order chi connectivity index (χ0) is 20.8. The third-order valence-electron chi connectivity index (χ3n) is 4.08. The molecule has 0 saturated heterocycles. The van der Waals surface area contributed by atoms with Gasteiger partial charge in [-0.3, -0.25) is 20.4 Å². The van der Waals surface area contributed by atoms with Crippen LogP contribution in [0.2, 0.25) is 0 Å². The van der Waals surface area contributed by atoms with Crippen LogP contribution in [0.3, 0.4) is 0 Å². The number of hydrogen-bond donors (Lipinski definition) is 4. The van der Waals surface area contributed by atoms with Crippen LogP contribution in [-0.2, 0) is 4.79 Å². The Labute approximate surface area is 166 Å². The van der Waals surface area contributed by atoms with Crippen LogP contribution in [0.25, 0.3) is 16.9 Å². The van der Waals surface area contributed by atoms with Crippen LogP contribution in [-0.4, -0.2) is 33.7 Å². The summed E-state index contributed by atoms with van der Waals surface area (Å²) in [6.07, 6.45) is 1.59. The van der Waals surface area contributed by atoms with Crippen molar-refractivity contribution in [3.63, 3.8) is 0 Å². The quantitative estimate of drug-likeness (QED) is 0.488. The van der Waals surface area contributed by atoms with Gasteiger partial charge in [0, 0.05) is 11.8 Å². The largest absolute Gasteiger partial charge is 0.352 e. The highest BCUT2D eigenvalue weighted by molar-refractivity contribution is 6.01. The number of hydrazine groups is 1. The van der Waals surface area contributed by atoms with Crippen molar-refractivity contribution in [3.8, 4) is 16.9 Å². The van der Waals surface area contributed by atoms with Crippen LogP contribution in [0.4, 0.5) is 4.79 Å². The Balaban J connectivity index is 1.85. The number of benzene rings is 2. The van der Waals surface area contributed by atoms with E-state index in [0.29, 0.717) is 5.69 Å². The Kier molecular flexibility index (Phi) is 5.88. The number of carbonyl (C=O) groups excluding carboxylic acids is 3. The molecule has 0 fully saturated rings. The van der Waals surface area contributed by atoms with Gasteiger partial charge in [-0.05, 0) is 19.1 Å². The van der Waals surface area contributed by atoms with Crippen LogP contribution >= 0.6 is 0 Å². The summed E-state index contributed by atoms with van der Waals surface area (Å²) in [4.78, 5) is 35.6. The molecule has 3 aromatic rings. The average Bonchev–Trinajstić information content (AvgIpc) is 3.18. The lowest BCUT2D eigenvalue weighted by molar-refractivity contribution is -0.123. The number of carbonyl (C=O) groups is 3. The minimum absolute atomic E-state index is 0.274. The fourth-order valence-electron chi connectivity index (χ4n) is 2.64. The Hall–Kier alpha value is -4.14. The second-order valence-electron chi connectivity index (χ2n) is 6.21. The first-order chi connectivity index (χ1) is 14.0. The normalized spacial score (nSPS) is 11.3. The van der Waals surface area contributed by atoms with E-state index in [4.69, 9.17) is 5.73 Å². The molecular weight excluding hydrogens is 372 g/mol. The number of amides is 4. The highest BCUT2D eigenvalue weighted by Gasteiger charge is 2.20. The Morgan fingerprint density at radius 2 is 1.59 bits per heavy atom. The van der Waals surface area contributed by atoms with Crippen molar-refractivity contribution in [2.45, 2.75) is 13.0 Å². The molecule has 29 heavy (non-hydrogen) atoms. The van der Waals surface area contributed by atoms with Gasteiger partial charge in [0.1, 0.15) is 11.7 Å². The van der Waals surface area contributed by atoms with Crippen molar-refractivity contribution in [2.75, 3.05) is 0 Å². The minimum atomic E-state index is -0.909. The molecule has 0 radical (unpaired) electrons. The first-order valence-corrected chi connectivity index (χ1v) is 8.82. The number of urea groups is 1. The van der Waals surface area contributed by atoms with Crippen molar-refractivity contribution in [2.24, 2.45) is 5.73 Å². The van der Waals surface area contributed by atoms with Gasteiger partial charge >= 0.3 is 6.03 Å². The van der Waals surface area contributed by atoms with Gasteiger partial charge in [-0.1, -0.05) is 48.5 Å². The molecule has 0 aliphatic carbocycles. The minimum Gasteiger partial charge on any atom is -0.352 e. The van der Waals surface area contributed by atoms with Crippen molar-refractivity contribution in [1.29, 1.82) is 0 Å². The third-order valence-corrected chi connectivity index (χ3v) is 4.08. The second kappa shape index (κ2) is 8.70. The van der Waals surface area contributed by atoms with Crippen LogP contribution in [0.1, 0.15) is 17.3 Å². The SMILES string of the molecule is C[C@H](NC(N)=O)C(=O)NNC(=O)c1cn(-c2ccccc2)nc1-c1ccccc1. The molecule has 1 atom stereocenters. The van der Waals surface area contributed by atoms with Gasteiger partial charge in [-0.15, -0.1) is 0 Å².